The molecule has 0 spiro atoms. The Hall–Kier alpha value is -0.570. The number of ether oxygens (including phenoxy) is 1. The van der Waals surface area contributed by atoms with Gasteiger partial charge in [-0.2, -0.15) is 0 Å². The van der Waals surface area contributed by atoms with Gasteiger partial charge in [-0.15, -0.1) is 0 Å². The topological polar surface area (TPSA) is 46.5 Å². The third-order valence-electron chi connectivity index (χ3n) is 3.53. The van der Waals surface area contributed by atoms with Gasteiger partial charge in [0.15, 0.2) is 0 Å². The first-order valence-electron chi connectivity index (χ1n) is 5.82. The van der Waals surface area contributed by atoms with Crippen molar-refractivity contribution in [3.63, 3.8) is 0 Å². The maximum absolute atomic E-state index is 11.5. The minimum Gasteiger partial charge on any atom is -0.462 e. The lowest BCUT2D eigenvalue weighted by atomic mass is 9.70. The van der Waals surface area contributed by atoms with Crippen LogP contribution in [0.25, 0.3) is 0 Å². The van der Waals surface area contributed by atoms with Gasteiger partial charge in [0, 0.05) is 12.8 Å². The van der Waals surface area contributed by atoms with Crippen molar-refractivity contribution in [3.05, 3.63) is 0 Å². The van der Waals surface area contributed by atoms with Crippen molar-refractivity contribution in [2.24, 2.45) is 11.8 Å². The van der Waals surface area contributed by atoms with Crippen LogP contribution in [0.5, 0.6) is 0 Å². The molecule has 0 amide bonds. The first-order valence-corrected chi connectivity index (χ1v) is 5.82. The van der Waals surface area contributed by atoms with E-state index < -0.39 is 5.60 Å². The molecule has 0 bridgehead atoms. The van der Waals surface area contributed by atoms with Crippen LogP contribution in [0.3, 0.4) is 0 Å². The lowest BCUT2D eigenvalue weighted by Crippen LogP contribution is -2.52. The Morgan fingerprint density at radius 1 is 1.47 bits per heavy atom. The van der Waals surface area contributed by atoms with Gasteiger partial charge in [-0.3, -0.25) is 4.79 Å². The lowest BCUT2D eigenvalue weighted by molar-refractivity contribution is -0.184. The largest absolute Gasteiger partial charge is 0.462 e. The van der Waals surface area contributed by atoms with Crippen LogP contribution in [-0.2, 0) is 9.53 Å². The van der Waals surface area contributed by atoms with Crippen molar-refractivity contribution < 1.29 is 14.6 Å². The van der Waals surface area contributed by atoms with Crippen LogP contribution in [0.15, 0.2) is 0 Å². The summed E-state index contributed by atoms with van der Waals surface area (Å²) >= 11 is 0. The molecule has 1 aliphatic rings. The molecule has 0 aliphatic heterocycles. The zero-order valence-corrected chi connectivity index (χ0v) is 10.1. The van der Waals surface area contributed by atoms with E-state index in [1.54, 1.807) is 0 Å². The molecule has 0 radical (unpaired) electrons. The molecule has 1 aliphatic carbocycles. The Morgan fingerprint density at radius 2 is 2.00 bits per heavy atom. The minimum absolute atomic E-state index is 0.0299. The van der Waals surface area contributed by atoms with E-state index in [2.05, 4.69) is 0 Å². The van der Waals surface area contributed by atoms with Crippen LogP contribution in [0.2, 0.25) is 0 Å². The third-order valence-corrected chi connectivity index (χ3v) is 3.53. The predicted molar refractivity (Wildman–Crippen MR) is 58.4 cm³/mol. The molecule has 0 aromatic rings. The molecule has 0 heterocycles. The smallest absolute Gasteiger partial charge is 0.308 e. The standard InChI is InChI=1S/C12H22O3/c1-5-9(4)11(13)15-10-6-12(14,7-10)8(2)3/h8-10,14H,5-7H2,1-4H3. The summed E-state index contributed by atoms with van der Waals surface area (Å²) in [5, 5.41) is 9.98. The number of rotatable bonds is 4. The first-order chi connectivity index (χ1) is 6.89. The van der Waals surface area contributed by atoms with Gasteiger partial charge in [0.1, 0.15) is 6.10 Å². The summed E-state index contributed by atoms with van der Waals surface area (Å²) in [6, 6.07) is 0. The van der Waals surface area contributed by atoms with Crippen LogP contribution >= 0.6 is 0 Å². The molecular formula is C12H22O3. The van der Waals surface area contributed by atoms with Crippen LogP contribution in [0, 0.1) is 11.8 Å². The van der Waals surface area contributed by atoms with Gasteiger partial charge in [-0.25, -0.2) is 0 Å². The zero-order chi connectivity index (χ0) is 11.6. The van der Waals surface area contributed by atoms with Crippen LogP contribution < -0.4 is 0 Å². The number of hydrogen-bond donors (Lipinski definition) is 1. The fourth-order valence-corrected chi connectivity index (χ4v) is 1.73. The van der Waals surface area contributed by atoms with Crippen LogP contribution in [0.4, 0.5) is 0 Å². The average Bonchev–Trinajstić information content (AvgIpc) is 2.13. The van der Waals surface area contributed by atoms with E-state index in [4.69, 9.17) is 4.74 Å². The second-order valence-electron chi connectivity index (χ2n) is 5.03. The molecule has 88 valence electrons. The van der Waals surface area contributed by atoms with Gasteiger partial charge in [-0.1, -0.05) is 27.7 Å². The highest BCUT2D eigenvalue weighted by Gasteiger charge is 2.47. The SMILES string of the molecule is CCC(C)C(=O)OC1CC(O)(C(C)C)C1. The van der Waals surface area contributed by atoms with Crippen molar-refractivity contribution in [1.29, 1.82) is 0 Å². The summed E-state index contributed by atoms with van der Waals surface area (Å²) in [5.41, 5.74) is -0.611. The van der Waals surface area contributed by atoms with Crippen molar-refractivity contribution in [3.8, 4) is 0 Å². The quantitative estimate of drug-likeness (QED) is 0.729. The second kappa shape index (κ2) is 4.52. The highest BCUT2D eigenvalue weighted by atomic mass is 16.5. The number of carbonyl (C=O) groups excluding carboxylic acids is 1. The van der Waals surface area contributed by atoms with E-state index in [1.165, 1.54) is 0 Å². The summed E-state index contributed by atoms with van der Waals surface area (Å²) in [6.07, 6.45) is 1.92. The molecule has 3 heteroatoms. The number of carbonyl (C=O) groups is 1. The van der Waals surface area contributed by atoms with E-state index in [0.717, 1.165) is 6.42 Å². The van der Waals surface area contributed by atoms with Gasteiger partial charge in [0.25, 0.3) is 0 Å². The van der Waals surface area contributed by atoms with Crippen LogP contribution in [0.1, 0.15) is 47.0 Å². The number of esters is 1. The Morgan fingerprint density at radius 3 is 2.40 bits per heavy atom. The van der Waals surface area contributed by atoms with Gasteiger partial charge in [-0.05, 0) is 12.3 Å². The van der Waals surface area contributed by atoms with E-state index in [1.807, 2.05) is 27.7 Å². The Balaban J connectivity index is 2.32. The Bertz CT molecular complexity index is 229. The lowest BCUT2D eigenvalue weighted by Gasteiger charge is -2.45. The van der Waals surface area contributed by atoms with E-state index in [9.17, 15) is 9.90 Å². The minimum atomic E-state index is -0.611. The molecule has 1 fully saturated rings. The van der Waals surface area contributed by atoms with Gasteiger partial charge in [0.2, 0.25) is 0 Å². The number of hydrogen-bond acceptors (Lipinski definition) is 3. The van der Waals surface area contributed by atoms with Crippen molar-refractivity contribution in [2.45, 2.75) is 58.7 Å². The Kier molecular flexibility index (Phi) is 3.77. The second-order valence-corrected chi connectivity index (χ2v) is 5.03. The van der Waals surface area contributed by atoms with Crippen LogP contribution in [-0.4, -0.2) is 22.8 Å². The highest BCUT2D eigenvalue weighted by Crippen LogP contribution is 2.40. The molecule has 1 saturated carbocycles. The summed E-state index contributed by atoms with van der Waals surface area (Å²) in [5.74, 6) is 0.0714. The monoisotopic (exact) mass is 214 g/mol. The van der Waals surface area contributed by atoms with E-state index >= 15 is 0 Å². The molecule has 1 N–H and O–H groups in total. The van der Waals surface area contributed by atoms with Gasteiger partial charge in [0.05, 0.1) is 11.5 Å². The normalized spacial score (nSPS) is 32.3. The van der Waals surface area contributed by atoms with E-state index in [-0.39, 0.29) is 23.9 Å². The van der Waals surface area contributed by atoms with E-state index in [0.29, 0.717) is 12.8 Å². The molecule has 0 aromatic heterocycles. The molecule has 0 aromatic carbocycles. The number of aliphatic hydroxyl groups is 1. The molecule has 1 unspecified atom stereocenters. The summed E-state index contributed by atoms with van der Waals surface area (Å²) in [6.45, 7) is 7.83. The Labute approximate surface area is 91.8 Å². The zero-order valence-electron chi connectivity index (χ0n) is 10.1. The summed E-state index contributed by atoms with van der Waals surface area (Å²) in [4.78, 5) is 11.5. The summed E-state index contributed by atoms with van der Waals surface area (Å²) < 4.78 is 5.29. The maximum atomic E-state index is 11.5. The highest BCUT2D eigenvalue weighted by molar-refractivity contribution is 5.72. The molecule has 1 rings (SSSR count). The predicted octanol–water partition coefficient (Wildman–Crippen LogP) is 2.13. The molecular weight excluding hydrogens is 192 g/mol. The average molecular weight is 214 g/mol. The van der Waals surface area contributed by atoms with Gasteiger partial charge >= 0.3 is 5.97 Å². The fraction of sp³-hybridized carbons (Fsp3) is 0.917. The molecule has 1 atom stereocenters. The summed E-state index contributed by atoms with van der Waals surface area (Å²) in [7, 11) is 0. The van der Waals surface area contributed by atoms with Gasteiger partial charge < -0.3 is 9.84 Å². The van der Waals surface area contributed by atoms with Crippen molar-refractivity contribution in [1.82, 2.24) is 0 Å². The molecule has 0 saturated heterocycles. The third kappa shape index (κ3) is 2.71. The van der Waals surface area contributed by atoms with Crippen molar-refractivity contribution in [2.75, 3.05) is 0 Å². The fourth-order valence-electron chi connectivity index (χ4n) is 1.73. The molecule has 3 nitrogen and oxygen atoms in total. The molecule has 15 heavy (non-hydrogen) atoms. The van der Waals surface area contributed by atoms with Crippen molar-refractivity contribution >= 4 is 5.97 Å². The first kappa shape index (κ1) is 12.5. The maximum Gasteiger partial charge on any atom is 0.308 e.